The maximum absolute atomic E-state index is 15.0. The molecule has 4 nitrogen and oxygen atoms in total. The van der Waals surface area contributed by atoms with Gasteiger partial charge in [-0.15, -0.1) is 0 Å². The first-order chi connectivity index (χ1) is 16.0. The smallest absolute Gasteiger partial charge is 0.127 e. The number of nitrogens with zero attached hydrogens (tertiary/aromatic N) is 3. The van der Waals surface area contributed by atoms with Gasteiger partial charge in [0.1, 0.15) is 11.6 Å². The molecule has 1 N–H and O–H groups in total. The highest BCUT2D eigenvalue weighted by Gasteiger charge is 2.24. The average molecular weight is 447 g/mol. The molecule has 0 aliphatic carbocycles. The van der Waals surface area contributed by atoms with Crippen molar-refractivity contribution < 1.29 is 8.78 Å². The minimum Gasteiger partial charge on any atom is -0.306 e. The predicted molar refractivity (Wildman–Crippen MR) is 128 cm³/mol. The third-order valence-corrected chi connectivity index (χ3v) is 6.70. The highest BCUT2D eigenvalue weighted by atomic mass is 19.1. The van der Waals surface area contributed by atoms with Crippen LogP contribution in [0.25, 0.3) is 22.0 Å². The van der Waals surface area contributed by atoms with Crippen molar-refractivity contribution in [1.82, 2.24) is 20.0 Å². The molecular formula is C27H28F2N4. The van der Waals surface area contributed by atoms with E-state index in [-0.39, 0.29) is 11.6 Å². The maximum atomic E-state index is 15.0. The summed E-state index contributed by atoms with van der Waals surface area (Å²) in [5, 5.41) is 8.09. The van der Waals surface area contributed by atoms with Crippen LogP contribution in [-0.4, -0.2) is 46.2 Å². The van der Waals surface area contributed by atoms with Crippen LogP contribution in [0, 0.1) is 11.6 Å². The second-order valence-corrected chi connectivity index (χ2v) is 9.04. The maximum Gasteiger partial charge on any atom is 0.127 e. The van der Waals surface area contributed by atoms with Gasteiger partial charge in [0.15, 0.2) is 0 Å². The van der Waals surface area contributed by atoms with Gasteiger partial charge in [0.2, 0.25) is 0 Å². The van der Waals surface area contributed by atoms with Crippen LogP contribution in [0.3, 0.4) is 0 Å². The van der Waals surface area contributed by atoms with Crippen LogP contribution in [0.4, 0.5) is 8.78 Å². The Kier molecular flexibility index (Phi) is 6.20. The molecule has 1 aliphatic heterocycles. The monoisotopic (exact) mass is 446 g/mol. The Hall–Kier alpha value is -3.09. The van der Waals surface area contributed by atoms with Gasteiger partial charge in [-0.1, -0.05) is 24.3 Å². The summed E-state index contributed by atoms with van der Waals surface area (Å²) in [5.41, 5.74) is 4.72. The van der Waals surface area contributed by atoms with Gasteiger partial charge in [-0.05, 0) is 86.1 Å². The molecule has 1 aromatic heterocycles. The Morgan fingerprint density at radius 3 is 2.45 bits per heavy atom. The van der Waals surface area contributed by atoms with Crippen LogP contribution in [0.15, 0.2) is 66.9 Å². The Morgan fingerprint density at radius 1 is 0.939 bits per heavy atom. The van der Waals surface area contributed by atoms with Crippen molar-refractivity contribution in [3.63, 3.8) is 0 Å². The summed E-state index contributed by atoms with van der Waals surface area (Å²) in [7, 11) is 2.14. The van der Waals surface area contributed by atoms with Gasteiger partial charge in [-0.25, -0.2) is 8.78 Å². The Bertz CT molecular complexity index is 1230. The van der Waals surface area contributed by atoms with Gasteiger partial charge >= 0.3 is 0 Å². The van der Waals surface area contributed by atoms with Crippen molar-refractivity contribution in [2.24, 2.45) is 0 Å². The Labute approximate surface area is 192 Å². The van der Waals surface area contributed by atoms with E-state index in [1.165, 1.54) is 12.1 Å². The van der Waals surface area contributed by atoms with Crippen LogP contribution in [-0.2, 0) is 13.1 Å². The number of piperidine rings is 1. The quantitative estimate of drug-likeness (QED) is 0.418. The molecule has 1 saturated heterocycles. The van der Waals surface area contributed by atoms with Gasteiger partial charge in [-0.3, -0.25) is 10.00 Å². The number of aromatic amines is 1. The number of benzene rings is 3. The van der Waals surface area contributed by atoms with Crippen LogP contribution in [0.5, 0.6) is 0 Å². The molecule has 0 atom stereocenters. The van der Waals surface area contributed by atoms with E-state index in [9.17, 15) is 8.78 Å². The Morgan fingerprint density at radius 2 is 1.67 bits per heavy atom. The molecule has 1 aliphatic rings. The summed E-state index contributed by atoms with van der Waals surface area (Å²) in [6.07, 6.45) is 3.88. The molecule has 0 amide bonds. The minimum atomic E-state index is -0.238. The molecule has 1 fully saturated rings. The summed E-state index contributed by atoms with van der Waals surface area (Å²) in [6.45, 7) is 3.23. The molecule has 2 heterocycles. The number of halogens is 2. The zero-order valence-corrected chi connectivity index (χ0v) is 18.8. The first-order valence-corrected chi connectivity index (χ1v) is 11.4. The SMILES string of the molecule is CN1CCC(N(Cc2ccc(F)cc2)Cc2cc(-c3ccc4[nH]ncc4c3)ccc2F)CC1. The van der Waals surface area contributed by atoms with Crippen molar-refractivity contribution in [3.05, 3.63) is 89.6 Å². The molecule has 0 radical (unpaired) electrons. The van der Waals surface area contributed by atoms with Gasteiger partial charge in [-0.2, -0.15) is 5.10 Å². The van der Waals surface area contributed by atoms with Crippen LogP contribution < -0.4 is 0 Å². The second kappa shape index (κ2) is 9.41. The summed E-state index contributed by atoms with van der Waals surface area (Å²) in [5.74, 6) is -0.432. The summed E-state index contributed by atoms with van der Waals surface area (Å²) < 4.78 is 28.4. The topological polar surface area (TPSA) is 35.2 Å². The predicted octanol–water partition coefficient (Wildman–Crippen LogP) is 5.60. The highest BCUT2D eigenvalue weighted by molar-refractivity contribution is 5.84. The molecule has 4 aromatic rings. The molecule has 33 heavy (non-hydrogen) atoms. The molecule has 0 unspecified atom stereocenters. The van der Waals surface area contributed by atoms with Crippen molar-refractivity contribution in [2.75, 3.05) is 20.1 Å². The molecule has 3 aromatic carbocycles. The zero-order valence-electron chi connectivity index (χ0n) is 18.8. The van der Waals surface area contributed by atoms with Crippen LogP contribution in [0.1, 0.15) is 24.0 Å². The number of H-pyrrole nitrogens is 1. The molecule has 0 spiro atoms. The molecule has 6 heteroatoms. The van der Waals surface area contributed by atoms with Gasteiger partial charge in [0, 0.05) is 30.1 Å². The number of rotatable bonds is 6. The zero-order chi connectivity index (χ0) is 22.8. The van der Waals surface area contributed by atoms with Crippen LogP contribution in [0.2, 0.25) is 0 Å². The largest absolute Gasteiger partial charge is 0.306 e. The lowest BCUT2D eigenvalue weighted by Crippen LogP contribution is -2.43. The molecule has 170 valence electrons. The van der Waals surface area contributed by atoms with Gasteiger partial charge in [0.05, 0.1) is 11.7 Å². The van der Waals surface area contributed by atoms with Crippen molar-refractivity contribution in [1.29, 1.82) is 0 Å². The van der Waals surface area contributed by atoms with E-state index in [1.54, 1.807) is 12.3 Å². The third kappa shape index (κ3) is 4.97. The third-order valence-electron chi connectivity index (χ3n) is 6.70. The highest BCUT2D eigenvalue weighted by Crippen LogP contribution is 2.28. The standard InChI is InChI=1S/C27H28F2N4/c1-32-12-10-25(11-13-32)33(17-19-2-6-24(28)7-3-19)18-23-15-20(4-8-26(23)29)21-5-9-27-22(14-21)16-30-31-27/h2-9,14-16,25H,10-13,17-18H2,1H3,(H,30,31). The summed E-state index contributed by atoms with van der Waals surface area (Å²) in [6, 6.07) is 18.5. The number of hydrogen-bond donors (Lipinski definition) is 1. The van der Waals surface area contributed by atoms with Gasteiger partial charge in [0.25, 0.3) is 0 Å². The number of fused-ring (bicyclic) bond motifs is 1. The number of nitrogens with one attached hydrogen (secondary N) is 1. The molecule has 5 rings (SSSR count). The van der Waals surface area contributed by atoms with Crippen molar-refractivity contribution in [3.8, 4) is 11.1 Å². The van der Waals surface area contributed by atoms with E-state index in [0.717, 1.165) is 53.5 Å². The summed E-state index contributed by atoms with van der Waals surface area (Å²) in [4.78, 5) is 4.68. The fourth-order valence-electron chi connectivity index (χ4n) is 4.72. The van der Waals surface area contributed by atoms with Crippen LogP contribution >= 0.6 is 0 Å². The van der Waals surface area contributed by atoms with Crippen molar-refractivity contribution >= 4 is 10.9 Å². The lowest BCUT2D eigenvalue weighted by Gasteiger charge is -2.37. The number of likely N-dealkylation sites (tertiary alicyclic amines) is 1. The first-order valence-electron chi connectivity index (χ1n) is 11.4. The van der Waals surface area contributed by atoms with Gasteiger partial charge < -0.3 is 4.90 Å². The molecule has 0 saturated carbocycles. The van der Waals surface area contributed by atoms with Crippen molar-refractivity contribution in [2.45, 2.75) is 32.0 Å². The van der Waals surface area contributed by atoms with E-state index in [4.69, 9.17) is 0 Å². The minimum absolute atomic E-state index is 0.194. The average Bonchev–Trinajstić information content (AvgIpc) is 3.30. The molecular weight excluding hydrogens is 418 g/mol. The van der Waals surface area contributed by atoms with E-state index < -0.39 is 0 Å². The summed E-state index contributed by atoms with van der Waals surface area (Å²) >= 11 is 0. The fourth-order valence-corrected chi connectivity index (χ4v) is 4.72. The van der Waals surface area contributed by atoms with E-state index in [1.807, 2.05) is 36.4 Å². The number of hydrogen-bond acceptors (Lipinski definition) is 3. The lowest BCUT2D eigenvalue weighted by atomic mass is 9.99. The Balaban J connectivity index is 1.43. The second-order valence-electron chi connectivity index (χ2n) is 9.04. The first kappa shape index (κ1) is 21.7. The normalized spacial score (nSPS) is 15.5. The molecule has 0 bridgehead atoms. The number of aromatic nitrogens is 2. The fraction of sp³-hybridized carbons (Fsp3) is 0.296. The lowest BCUT2D eigenvalue weighted by molar-refractivity contribution is 0.107. The van der Waals surface area contributed by atoms with E-state index in [0.29, 0.717) is 24.7 Å². The van der Waals surface area contributed by atoms with E-state index in [2.05, 4.69) is 33.1 Å². The van der Waals surface area contributed by atoms with E-state index >= 15 is 0 Å².